The molecule has 6 aromatic carbocycles. The molecular formula is C56H60O9. The Kier molecular flexibility index (Phi) is 17.5. The third-order valence-corrected chi connectivity index (χ3v) is 11.7. The van der Waals surface area contributed by atoms with Gasteiger partial charge in [-0.25, -0.2) is 0 Å². The van der Waals surface area contributed by atoms with E-state index in [0.29, 0.717) is 59.1 Å². The third-order valence-electron chi connectivity index (χ3n) is 11.7. The number of rotatable bonds is 23. The second kappa shape index (κ2) is 24.7. The van der Waals surface area contributed by atoms with Gasteiger partial charge >= 0.3 is 0 Å². The van der Waals surface area contributed by atoms with Crippen molar-refractivity contribution in [1.82, 2.24) is 0 Å². The van der Waals surface area contributed by atoms with Crippen molar-refractivity contribution in [3.8, 4) is 0 Å². The Labute approximate surface area is 383 Å². The zero-order valence-corrected chi connectivity index (χ0v) is 37.1. The smallest absolute Gasteiger partial charge is 0.186 e. The number of allylic oxidation sites excluding steroid dienone is 1. The Hall–Kier alpha value is -5.46. The SMILES string of the molecule is CO[C@H]1O[C@H](CCC2=C[C@@H](OCc3ccccc3)[C@H](OCc3ccccc3)[C@@H](COCc3ccccc3)O2)[C@@H](OCc2ccccc2)[C@H](OCc2ccccc2)[C@H]1OCc1ccccc1. The van der Waals surface area contributed by atoms with Crippen LogP contribution in [0.1, 0.15) is 46.2 Å². The highest BCUT2D eigenvalue weighted by molar-refractivity contribution is 5.19. The molecule has 0 spiro atoms. The number of hydrogen-bond donors (Lipinski definition) is 0. The van der Waals surface area contributed by atoms with E-state index in [1.54, 1.807) is 7.11 Å². The van der Waals surface area contributed by atoms with Gasteiger partial charge in [0.1, 0.15) is 30.5 Å². The van der Waals surface area contributed by atoms with Gasteiger partial charge in [-0.05, 0) is 45.9 Å². The van der Waals surface area contributed by atoms with Crippen LogP contribution in [-0.4, -0.2) is 62.7 Å². The standard InChI is InChI=1S/C56H60O9/c1-57-56-55(63-40-47-30-18-7-19-31-47)54(62-39-46-28-16-6-17-29-46)53(61-38-45-26-14-5-15-27-45)49(65-56)33-32-48-34-50(59-36-43-22-10-3-11-23-43)52(60-37-44-24-12-4-13-25-44)51(64-48)41-58-35-42-20-8-2-9-21-42/h2-31,34,49-56H,32-33,35-41H2,1H3/t49-,50-,51-,52+,53-,54+,55-,56+/m1/s1. The molecule has 0 amide bonds. The summed E-state index contributed by atoms with van der Waals surface area (Å²) >= 11 is 0. The van der Waals surface area contributed by atoms with E-state index < -0.39 is 49.0 Å². The minimum absolute atomic E-state index is 0.293. The fourth-order valence-electron chi connectivity index (χ4n) is 8.26. The van der Waals surface area contributed by atoms with Gasteiger partial charge in [-0.1, -0.05) is 182 Å². The van der Waals surface area contributed by atoms with Crippen LogP contribution in [0.5, 0.6) is 0 Å². The lowest BCUT2D eigenvalue weighted by atomic mass is 9.93. The van der Waals surface area contributed by atoms with Crippen molar-refractivity contribution in [2.24, 2.45) is 0 Å². The van der Waals surface area contributed by atoms with E-state index in [4.69, 9.17) is 42.6 Å². The molecule has 2 aliphatic heterocycles. The Morgan fingerprint density at radius 2 is 0.785 bits per heavy atom. The number of methoxy groups -OCH3 is 1. The summed E-state index contributed by atoms with van der Waals surface area (Å²) in [5.41, 5.74) is 6.33. The van der Waals surface area contributed by atoms with Crippen LogP contribution in [0.15, 0.2) is 194 Å². The molecule has 338 valence electrons. The summed E-state index contributed by atoms with van der Waals surface area (Å²) in [4.78, 5) is 0. The van der Waals surface area contributed by atoms with E-state index in [1.807, 2.05) is 121 Å². The lowest BCUT2D eigenvalue weighted by Gasteiger charge is -2.46. The van der Waals surface area contributed by atoms with Crippen molar-refractivity contribution >= 4 is 0 Å². The Morgan fingerprint density at radius 1 is 0.400 bits per heavy atom. The molecule has 0 N–H and O–H groups in total. The molecule has 65 heavy (non-hydrogen) atoms. The van der Waals surface area contributed by atoms with Crippen LogP contribution in [0, 0.1) is 0 Å². The molecule has 0 aliphatic carbocycles. The van der Waals surface area contributed by atoms with E-state index in [1.165, 1.54) is 0 Å². The van der Waals surface area contributed by atoms with Crippen LogP contribution in [0.4, 0.5) is 0 Å². The van der Waals surface area contributed by atoms with Gasteiger partial charge in [0.05, 0.1) is 58.1 Å². The summed E-state index contributed by atoms with van der Waals surface area (Å²) in [5.74, 6) is 0.763. The molecule has 2 aliphatic rings. The minimum Gasteiger partial charge on any atom is -0.490 e. The van der Waals surface area contributed by atoms with Gasteiger partial charge in [-0.15, -0.1) is 0 Å². The van der Waals surface area contributed by atoms with Crippen LogP contribution < -0.4 is 0 Å². The topological polar surface area (TPSA) is 83.1 Å². The maximum absolute atomic E-state index is 6.90. The Balaban J connectivity index is 1.07. The fraction of sp³-hybridized carbons (Fsp3) is 0.321. The highest BCUT2D eigenvalue weighted by atomic mass is 16.7. The van der Waals surface area contributed by atoms with Crippen molar-refractivity contribution in [1.29, 1.82) is 0 Å². The highest BCUT2D eigenvalue weighted by Crippen LogP contribution is 2.35. The monoisotopic (exact) mass is 876 g/mol. The minimum atomic E-state index is -0.737. The van der Waals surface area contributed by atoms with Crippen LogP contribution in [0.2, 0.25) is 0 Å². The fourth-order valence-corrected chi connectivity index (χ4v) is 8.26. The van der Waals surface area contributed by atoms with Gasteiger partial charge in [0.15, 0.2) is 12.4 Å². The van der Waals surface area contributed by atoms with Gasteiger partial charge in [-0.3, -0.25) is 0 Å². The molecule has 0 radical (unpaired) electrons. The van der Waals surface area contributed by atoms with Crippen LogP contribution >= 0.6 is 0 Å². The summed E-state index contributed by atoms with van der Waals surface area (Å²) in [6.45, 7) is 2.59. The third kappa shape index (κ3) is 13.8. The van der Waals surface area contributed by atoms with Crippen LogP contribution in [0.25, 0.3) is 0 Å². The molecule has 6 aromatic rings. The lowest BCUT2D eigenvalue weighted by molar-refractivity contribution is -0.318. The van der Waals surface area contributed by atoms with E-state index in [2.05, 4.69) is 66.7 Å². The van der Waals surface area contributed by atoms with E-state index in [9.17, 15) is 0 Å². The first-order valence-electron chi connectivity index (χ1n) is 22.6. The molecule has 8 atom stereocenters. The average Bonchev–Trinajstić information content (AvgIpc) is 3.37. The van der Waals surface area contributed by atoms with Gasteiger partial charge in [-0.2, -0.15) is 0 Å². The number of hydrogen-bond acceptors (Lipinski definition) is 9. The second-order valence-electron chi connectivity index (χ2n) is 16.4. The summed E-state index contributed by atoms with van der Waals surface area (Å²) in [7, 11) is 1.65. The summed E-state index contributed by atoms with van der Waals surface area (Å²) < 4.78 is 60.2. The first kappa shape index (κ1) is 46.1. The van der Waals surface area contributed by atoms with Crippen LogP contribution in [0.3, 0.4) is 0 Å². The largest absolute Gasteiger partial charge is 0.490 e. The molecule has 9 heteroatoms. The van der Waals surface area contributed by atoms with Crippen molar-refractivity contribution in [2.75, 3.05) is 13.7 Å². The molecule has 2 heterocycles. The average molecular weight is 877 g/mol. The Bertz CT molecular complexity index is 2250. The van der Waals surface area contributed by atoms with Gasteiger partial charge in [0.25, 0.3) is 0 Å². The quantitative estimate of drug-likeness (QED) is 0.0625. The maximum Gasteiger partial charge on any atom is 0.186 e. The summed E-state index contributed by atoms with van der Waals surface area (Å²) in [6, 6.07) is 60.9. The summed E-state index contributed by atoms with van der Waals surface area (Å²) in [5, 5.41) is 0. The molecule has 0 aromatic heterocycles. The number of ether oxygens (including phenoxy) is 9. The molecule has 0 saturated carbocycles. The molecular weight excluding hydrogens is 817 g/mol. The zero-order valence-electron chi connectivity index (χ0n) is 37.1. The van der Waals surface area contributed by atoms with Crippen molar-refractivity contribution in [3.63, 3.8) is 0 Å². The highest BCUT2D eigenvalue weighted by Gasteiger charge is 2.49. The molecule has 0 unspecified atom stereocenters. The van der Waals surface area contributed by atoms with Gasteiger partial charge in [0.2, 0.25) is 0 Å². The molecule has 9 nitrogen and oxygen atoms in total. The van der Waals surface area contributed by atoms with Crippen molar-refractivity contribution in [3.05, 3.63) is 227 Å². The normalized spacial score (nSPS) is 23.1. The first-order chi connectivity index (χ1) is 32.2. The van der Waals surface area contributed by atoms with E-state index in [0.717, 1.165) is 39.1 Å². The van der Waals surface area contributed by atoms with Gasteiger partial charge < -0.3 is 42.6 Å². The van der Waals surface area contributed by atoms with Crippen LogP contribution in [-0.2, 0) is 82.3 Å². The van der Waals surface area contributed by atoms with Gasteiger partial charge in [0, 0.05) is 13.5 Å². The molecule has 1 saturated heterocycles. The van der Waals surface area contributed by atoms with Crippen molar-refractivity contribution in [2.45, 2.75) is 102 Å². The predicted molar refractivity (Wildman–Crippen MR) is 249 cm³/mol. The zero-order chi connectivity index (χ0) is 44.3. The molecule has 1 fully saturated rings. The predicted octanol–water partition coefficient (Wildman–Crippen LogP) is 10.6. The maximum atomic E-state index is 6.90. The van der Waals surface area contributed by atoms with Crippen molar-refractivity contribution < 1.29 is 42.6 Å². The first-order valence-corrected chi connectivity index (χ1v) is 22.6. The molecule has 8 rings (SSSR count). The lowest BCUT2D eigenvalue weighted by Crippen LogP contribution is -2.60. The summed E-state index contributed by atoms with van der Waals surface area (Å²) in [6.07, 6.45) is -1.14. The Morgan fingerprint density at radius 3 is 1.23 bits per heavy atom. The second-order valence-corrected chi connectivity index (χ2v) is 16.4. The van der Waals surface area contributed by atoms with E-state index >= 15 is 0 Å². The number of benzene rings is 6. The molecule has 0 bridgehead atoms. The van der Waals surface area contributed by atoms with E-state index in [-0.39, 0.29) is 0 Å².